The number of rotatable bonds is 4. The maximum atomic E-state index is 11.1. The molecule has 6 nitrogen and oxygen atoms in total. The summed E-state index contributed by atoms with van der Waals surface area (Å²) in [6, 6.07) is 0.347. The van der Waals surface area contributed by atoms with Crippen LogP contribution in [-0.4, -0.2) is 39.1 Å². The highest BCUT2D eigenvalue weighted by molar-refractivity contribution is 5.88. The summed E-state index contributed by atoms with van der Waals surface area (Å²) >= 11 is 0. The molecule has 0 radical (unpaired) electrons. The highest BCUT2D eigenvalue weighted by Crippen LogP contribution is 2.24. The van der Waals surface area contributed by atoms with Gasteiger partial charge in [0.05, 0.1) is 17.5 Å². The fourth-order valence-electron chi connectivity index (χ4n) is 2.50. The van der Waals surface area contributed by atoms with Crippen molar-refractivity contribution in [3.63, 3.8) is 0 Å². The molecule has 1 unspecified atom stereocenters. The van der Waals surface area contributed by atoms with Crippen LogP contribution in [0.3, 0.4) is 0 Å². The zero-order chi connectivity index (χ0) is 14.0. The molecule has 0 amide bonds. The van der Waals surface area contributed by atoms with Gasteiger partial charge in [0.2, 0.25) is 0 Å². The molecule has 6 heteroatoms. The Morgan fingerprint density at radius 1 is 1.68 bits per heavy atom. The Hall–Kier alpha value is -1.40. The Kier molecular flexibility index (Phi) is 3.91. The summed E-state index contributed by atoms with van der Waals surface area (Å²) in [7, 11) is 1.76. The first kappa shape index (κ1) is 14.0. The fraction of sp³-hybridized carbons (Fsp3) is 0.692. The van der Waals surface area contributed by atoms with Crippen molar-refractivity contribution >= 4 is 5.97 Å². The maximum absolute atomic E-state index is 11.1. The minimum absolute atomic E-state index is 0.113. The van der Waals surface area contributed by atoms with Gasteiger partial charge in [-0.05, 0) is 26.7 Å². The number of nitrogens with zero attached hydrogens (tertiary/aromatic N) is 2. The quantitative estimate of drug-likeness (QED) is 0.856. The van der Waals surface area contributed by atoms with E-state index >= 15 is 0 Å². The van der Waals surface area contributed by atoms with E-state index in [1.165, 1.54) is 6.20 Å². The lowest BCUT2D eigenvalue weighted by molar-refractivity contribution is -0.0631. The molecule has 2 heterocycles. The van der Waals surface area contributed by atoms with Gasteiger partial charge in [-0.3, -0.25) is 4.68 Å². The Labute approximate surface area is 112 Å². The average Bonchev–Trinajstić information content (AvgIpc) is 2.67. The molecule has 0 aliphatic carbocycles. The van der Waals surface area contributed by atoms with Crippen molar-refractivity contribution in [3.8, 4) is 0 Å². The van der Waals surface area contributed by atoms with E-state index in [0.717, 1.165) is 19.4 Å². The second kappa shape index (κ2) is 5.30. The van der Waals surface area contributed by atoms with E-state index in [0.29, 0.717) is 18.3 Å². The number of nitrogens with one attached hydrogen (secondary N) is 1. The molecule has 0 spiro atoms. The van der Waals surface area contributed by atoms with Crippen molar-refractivity contribution in [1.29, 1.82) is 0 Å². The number of hydrogen-bond donors (Lipinski definition) is 2. The van der Waals surface area contributed by atoms with Gasteiger partial charge in [0.15, 0.2) is 0 Å². The van der Waals surface area contributed by atoms with E-state index in [4.69, 9.17) is 9.84 Å². The van der Waals surface area contributed by atoms with Crippen LogP contribution in [0.25, 0.3) is 0 Å². The van der Waals surface area contributed by atoms with Gasteiger partial charge >= 0.3 is 5.97 Å². The Balaban J connectivity index is 1.99. The van der Waals surface area contributed by atoms with Crippen LogP contribution in [-0.2, 0) is 18.3 Å². The molecule has 0 aromatic carbocycles. The molecular weight excluding hydrogens is 246 g/mol. The van der Waals surface area contributed by atoms with Crippen LogP contribution in [0, 0.1) is 0 Å². The molecule has 2 rings (SSSR count). The molecular formula is C13H21N3O3. The molecule has 1 saturated heterocycles. The Morgan fingerprint density at radius 3 is 3.05 bits per heavy atom. The summed E-state index contributed by atoms with van der Waals surface area (Å²) in [4.78, 5) is 11.1. The molecule has 2 N–H and O–H groups in total. The van der Waals surface area contributed by atoms with Crippen molar-refractivity contribution in [2.45, 2.75) is 44.9 Å². The van der Waals surface area contributed by atoms with Crippen LogP contribution in [0.5, 0.6) is 0 Å². The predicted molar refractivity (Wildman–Crippen MR) is 70.1 cm³/mol. The number of ether oxygens (including phenoxy) is 1. The van der Waals surface area contributed by atoms with Gasteiger partial charge in [-0.2, -0.15) is 5.10 Å². The number of carboxylic acid groups (broad SMARTS) is 1. The summed E-state index contributed by atoms with van der Waals surface area (Å²) in [6.45, 7) is 5.40. The van der Waals surface area contributed by atoms with Crippen LogP contribution in [0.4, 0.5) is 0 Å². The maximum Gasteiger partial charge on any atom is 0.339 e. The molecule has 1 aromatic rings. The molecule has 1 aromatic heterocycles. The van der Waals surface area contributed by atoms with Gasteiger partial charge in [-0.1, -0.05) is 0 Å². The van der Waals surface area contributed by atoms with E-state index in [1.54, 1.807) is 11.7 Å². The molecule has 19 heavy (non-hydrogen) atoms. The smallest absolute Gasteiger partial charge is 0.339 e. The van der Waals surface area contributed by atoms with Crippen LogP contribution in [0.15, 0.2) is 6.20 Å². The summed E-state index contributed by atoms with van der Waals surface area (Å²) < 4.78 is 7.28. The zero-order valence-corrected chi connectivity index (χ0v) is 11.6. The summed E-state index contributed by atoms with van der Waals surface area (Å²) in [6.07, 6.45) is 3.27. The molecule has 1 atom stereocenters. The third-order valence-corrected chi connectivity index (χ3v) is 3.55. The lowest BCUT2D eigenvalue weighted by atomic mass is 9.94. The van der Waals surface area contributed by atoms with Crippen LogP contribution < -0.4 is 5.32 Å². The van der Waals surface area contributed by atoms with Gasteiger partial charge in [0.1, 0.15) is 5.56 Å². The molecule has 1 aliphatic rings. The second-order valence-electron chi connectivity index (χ2n) is 5.61. The summed E-state index contributed by atoms with van der Waals surface area (Å²) in [5.74, 6) is -0.933. The van der Waals surface area contributed by atoms with E-state index in [-0.39, 0.29) is 11.2 Å². The number of hydrogen-bond acceptors (Lipinski definition) is 4. The van der Waals surface area contributed by atoms with Crippen molar-refractivity contribution in [3.05, 3.63) is 17.5 Å². The van der Waals surface area contributed by atoms with Crippen molar-refractivity contribution in [2.24, 2.45) is 7.05 Å². The highest BCUT2D eigenvalue weighted by Gasteiger charge is 2.28. The number of carboxylic acids is 1. The molecule has 0 saturated carbocycles. The normalized spacial score (nSPS) is 22.4. The van der Waals surface area contributed by atoms with E-state index < -0.39 is 5.97 Å². The van der Waals surface area contributed by atoms with Crippen molar-refractivity contribution < 1.29 is 14.6 Å². The number of carbonyl (C=O) groups is 1. The van der Waals surface area contributed by atoms with Gasteiger partial charge in [0, 0.05) is 26.2 Å². The first-order valence-electron chi connectivity index (χ1n) is 6.50. The molecule has 106 valence electrons. The summed E-state index contributed by atoms with van der Waals surface area (Å²) in [5.41, 5.74) is 0.857. The first-order valence-corrected chi connectivity index (χ1v) is 6.50. The molecule has 1 aliphatic heterocycles. The van der Waals surface area contributed by atoms with Crippen molar-refractivity contribution in [2.75, 3.05) is 6.61 Å². The van der Waals surface area contributed by atoms with Gasteiger partial charge < -0.3 is 15.2 Å². The van der Waals surface area contributed by atoms with E-state index in [2.05, 4.69) is 24.3 Å². The minimum Gasteiger partial charge on any atom is -0.478 e. The largest absolute Gasteiger partial charge is 0.478 e. The number of aromatic carboxylic acids is 1. The van der Waals surface area contributed by atoms with Gasteiger partial charge in [0.25, 0.3) is 0 Å². The number of aryl methyl sites for hydroxylation is 1. The van der Waals surface area contributed by atoms with Gasteiger partial charge in [-0.15, -0.1) is 0 Å². The second-order valence-corrected chi connectivity index (χ2v) is 5.61. The SMILES string of the molecule is Cn1ncc(C(=O)O)c1CNC1CCOC(C)(C)C1. The molecule has 0 bridgehead atoms. The van der Waals surface area contributed by atoms with Crippen LogP contribution in [0.1, 0.15) is 42.7 Å². The summed E-state index contributed by atoms with van der Waals surface area (Å²) in [5, 5.41) is 16.5. The third kappa shape index (κ3) is 3.33. The Morgan fingerprint density at radius 2 is 2.42 bits per heavy atom. The van der Waals surface area contributed by atoms with E-state index in [9.17, 15) is 4.79 Å². The van der Waals surface area contributed by atoms with E-state index in [1.807, 2.05) is 0 Å². The Bertz CT molecular complexity index is 468. The van der Waals surface area contributed by atoms with Gasteiger partial charge in [-0.25, -0.2) is 4.79 Å². The molecule has 1 fully saturated rings. The highest BCUT2D eigenvalue weighted by atomic mass is 16.5. The standard InChI is InChI=1S/C13H21N3O3/c1-13(2)6-9(4-5-19-13)14-8-11-10(12(17)18)7-15-16(11)3/h7,9,14H,4-6,8H2,1-3H3,(H,17,18). The van der Waals surface area contributed by atoms with Crippen molar-refractivity contribution in [1.82, 2.24) is 15.1 Å². The number of aromatic nitrogens is 2. The fourth-order valence-corrected chi connectivity index (χ4v) is 2.50. The zero-order valence-electron chi connectivity index (χ0n) is 11.6. The average molecular weight is 267 g/mol. The van der Waals surface area contributed by atoms with Crippen LogP contribution in [0.2, 0.25) is 0 Å². The first-order chi connectivity index (χ1) is 8.89. The lowest BCUT2D eigenvalue weighted by Crippen LogP contribution is -2.43. The third-order valence-electron chi connectivity index (χ3n) is 3.55. The predicted octanol–water partition coefficient (Wildman–Crippen LogP) is 1.17. The lowest BCUT2D eigenvalue weighted by Gasteiger charge is -2.36. The van der Waals surface area contributed by atoms with Crippen LogP contribution >= 0.6 is 0 Å². The topological polar surface area (TPSA) is 76.4 Å². The monoisotopic (exact) mass is 267 g/mol. The minimum atomic E-state index is -0.933.